The van der Waals surface area contributed by atoms with Gasteiger partial charge in [0, 0.05) is 24.4 Å². The van der Waals surface area contributed by atoms with Crippen LogP contribution in [-0.2, 0) is 6.42 Å². The molecule has 21 heavy (non-hydrogen) atoms. The molecule has 0 amide bonds. The summed E-state index contributed by atoms with van der Waals surface area (Å²) in [5, 5.41) is 19.6. The summed E-state index contributed by atoms with van der Waals surface area (Å²) in [5.74, 6) is -1.48. The molecule has 0 saturated heterocycles. The van der Waals surface area contributed by atoms with Crippen molar-refractivity contribution in [2.24, 2.45) is 0 Å². The molecular formula is C13H11N3O5. The van der Waals surface area contributed by atoms with Crippen molar-refractivity contribution in [2.75, 3.05) is 6.61 Å². The number of pyridine rings is 2. The number of hydrogen-bond acceptors (Lipinski definition) is 6. The van der Waals surface area contributed by atoms with E-state index in [2.05, 4.69) is 9.97 Å². The maximum atomic E-state index is 11.1. The number of carbonyl (C=O) groups is 1. The summed E-state index contributed by atoms with van der Waals surface area (Å²) >= 11 is 0. The minimum Gasteiger partial charge on any atom is -0.477 e. The number of ether oxygens (including phenoxy) is 1. The SMILES string of the molecule is O=C(O)c1cc([N+](=O)[O-])cnc1OCCc1ccccn1. The molecule has 8 heteroatoms. The van der Waals surface area contributed by atoms with E-state index in [1.165, 1.54) is 0 Å². The van der Waals surface area contributed by atoms with Gasteiger partial charge in [0.2, 0.25) is 5.88 Å². The Kier molecular flexibility index (Phi) is 4.39. The van der Waals surface area contributed by atoms with Crippen LogP contribution in [0.2, 0.25) is 0 Å². The molecule has 2 heterocycles. The molecule has 0 fully saturated rings. The Balaban J connectivity index is 2.09. The van der Waals surface area contributed by atoms with Gasteiger partial charge in [-0.25, -0.2) is 9.78 Å². The van der Waals surface area contributed by atoms with Gasteiger partial charge >= 0.3 is 5.97 Å². The average Bonchev–Trinajstić information content (AvgIpc) is 2.48. The van der Waals surface area contributed by atoms with E-state index >= 15 is 0 Å². The van der Waals surface area contributed by atoms with Gasteiger partial charge in [-0.1, -0.05) is 6.07 Å². The maximum absolute atomic E-state index is 11.1. The molecule has 0 aliphatic heterocycles. The number of carboxylic acid groups (broad SMARTS) is 1. The highest BCUT2D eigenvalue weighted by atomic mass is 16.6. The molecule has 0 spiro atoms. The van der Waals surface area contributed by atoms with Crippen LogP contribution in [0, 0.1) is 10.1 Å². The zero-order valence-corrected chi connectivity index (χ0v) is 10.8. The highest BCUT2D eigenvalue weighted by Crippen LogP contribution is 2.21. The van der Waals surface area contributed by atoms with Gasteiger partial charge in [0.05, 0.1) is 11.5 Å². The molecule has 1 N–H and O–H groups in total. The first-order valence-electron chi connectivity index (χ1n) is 5.98. The van der Waals surface area contributed by atoms with Crippen LogP contribution in [0.1, 0.15) is 16.1 Å². The largest absolute Gasteiger partial charge is 0.477 e. The standard InChI is InChI=1S/C13H11N3O5/c17-13(18)11-7-10(16(19)20)8-15-12(11)21-6-4-9-3-1-2-5-14-9/h1-3,5,7-8H,4,6H2,(H,17,18). The predicted octanol–water partition coefficient (Wildman–Crippen LogP) is 1.70. The highest BCUT2D eigenvalue weighted by Gasteiger charge is 2.18. The summed E-state index contributed by atoms with van der Waals surface area (Å²) in [6, 6.07) is 6.34. The minimum absolute atomic E-state index is 0.149. The second-order valence-corrected chi connectivity index (χ2v) is 4.03. The summed E-state index contributed by atoms with van der Waals surface area (Å²) in [6.45, 7) is 0.169. The van der Waals surface area contributed by atoms with Crippen LogP contribution in [0.3, 0.4) is 0 Å². The van der Waals surface area contributed by atoms with Crippen molar-refractivity contribution < 1.29 is 19.6 Å². The van der Waals surface area contributed by atoms with E-state index in [4.69, 9.17) is 9.84 Å². The van der Waals surface area contributed by atoms with E-state index in [0.29, 0.717) is 6.42 Å². The highest BCUT2D eigenvalue weighted by molar-refractivity contribution is 5.90. The Labute approximate surface area is 119 Å². The second-order valence-electron chi connectivity index (χ2n) is 4.03. The van der Waals surface area contributed by atoms with Crippen LogP contribution < -0.4 is 4.74 Å². The lowest BCUT2D eigenvalue weighted by molar-refractivity contribution is -0.385. The van der Waals surface area contributed by atoms with Crippen LogP contribution >= 0.6 is 0 Å². The van der Waals surface area contributed by atoms with Crippen LogP contribution in [0.5, 0.6) is 5.88 Å². The third kappa shape index (κ3) is 3.72. The second kappa shape index (κ2) is 6.42. The zero-order valence-electron chi connectivity index (χ0n) is 10.8. The molecule has 8 nitrogen and oxygen atoms in total. The molecule has 0 bridgehead atoms. The summed E-state index contributed by atoms with van der Waals surface area (Å²) < 4.78 is 5.28. The molecule has 2 aromatic rings. The van der Waals surface area contributed by atoms with Gasteiger partial charge < -0.3 is 9.84 Å². The first-order valence-corrected chi connectivity index (χ1v) is 5.98. The molecule has 0 unspecified atom stereocenters. The van der Waals surface area contributed by atoms with E-state index in [1.807, 2.05) is 12.1 Å². The molecule has 0 aliphatic carbocycles. The molecule has 0 aliphatic rings. The Hall–Kier alpha value is -3.03. The summed E-state index contributed by atoms with van der Waals surface area (Å²) in [6.07, 6.45) is 3.07. The van der Waals surface area contributed by atoms with E-state index in [0.717, 1.165) is 18.0 Å². The molecular weight excluding hydrogens is 278 g/mol. The topological polar surface area (TPSA) is 115 Å². The molecule has 108 valence electrons. The maximum Gasteiger partial charge on any atom is 0.341 e. The normalized spacial score (nSPS) is 10.1. The number of aromatic carboxylic acids is 1. The van der Waals surface area contributed by atoms with Crippen molar-refractivity contribution in [3.63, 3.8) is 0 Å². The van der Waals surface area contributed by atoms with Crippen molar-refractivity contribution in [2.45, 2.75) is 6.42 Å². The average molecular weight is 289 g/mol. The smallest absolute Gasteiger partial charge is 0.341 e. The fourth-order valence-corrected chi connectivity index (χ4v) is 1.61. The third-order valence-electron chi connectivity index (χ3n) is 2.60. The van der Waals surface area contributed by atoms with Crippen LogP contribution in [0.15, 0.2) is 36.7 Å². The fourth-order valence-electron chi connectivity index (χ4n) is 1.61. The molecule has 0 atom stereocenters. The van der Waals surface area contributed by atoms with Gasteiger partial charge in [0.25, 0.3) is 5.69 Å². The number of rotatable bonds is 6. The fraction of sp³-hybridized carbons (Fsp3) is 0.154. The summed E-state index contributed by atoms with van der Waals surface area (Å²) in [4.78, 5) is 28.8. The van der Waals surface area contributed by atoms with Gasteiger partial charge in [-0.05, 0) is 12.1 Å². The monoisotopic (exact) mass is 289 g/mol. The first-order chi connectivity index (χ1) is 10.1. The zero-order chi connectivity index (χ0) is 15.2. The van der Waals surface area contributed by atoms with Crippen molar-refractivity contribution in [3.8, 4) is 5.88 Å². The molecule has 0 aromatic carbocycles. The van der Waals surface area contributed by atoms with Crippen LogP contribution in [-0.4, -0.2) is 32.6 Å². The Morgan fingerprint density at radius 1 is 1.38 bits per heavy atom. The van der Waals surface area contributed by atoms with Gasteiger partial charge in [-0.3, -0.25) is 15.1 Å². The van der Waals surface area contributed by atoms with E-state index < -0.39 is 16.6 Å². The number of aromatic nitrogens is 2. The molecule has 2 aromatic heterocycles. The lowest BCUT2D eigenvalue weighted by Crippen LogP contribution is -2.09. The Morgan fingerprint density at radius 2 is 2.19 bits per heavy atom. The third-order valence-corrected chi connectivity index (χ3v) is 2.60. The lowest BCUT2D eigenvalue weighted by Gasteiger charge is -2.07. The van der Waals surface area contributed by atoms with Crippen molar-refractivity contribution in [1.29, 1.82) is 0 Å². The number of carboxylic acids is 1. The van der Waals surface area contributed by atoms with Gasteiger partial charge in [0.1, 0.15) is 11.8 Å². The van der Waals surface area contributed by atoms with E-state index in [9.17, 15) is 14.9 Å². The van der Waals surface area contributed by atoms with E-state index in [-0.39, 0.29) is 18.1 Å². The van der Waals surface area contributed by atoms with Crippen molar-refractivity contribution in [3.05, 3.63) is 58.0 Å². The lowest BCUT2D eigenvalue weighted by atomic mass is 10.2. The van der Waals surface area contributed by atoms with Gasteiger partial charge in [0.15, 0.2) is 0 Å². The number of hydrogen-bond donors (Lipinski definition) is 1. The Bertz CT molecular complexity index is 660. The Morgan fingerprint density at radius 3 is 2.81 bits per heavy atom. The minimum atomic E-state index is -1.33. The first kappa shape index (κ1) is 14.4. The van der Waals surface area contributed by atoms with Crippen LogP contribution in [0.25, 0.3) is 0 Å². The van der Waals surface area contributed by atoms with Gasteiger partial charge in [-0.2, -0.15) is 0 Å². The van der Waals surface area contributed by atoms with Crippen LogP contribution in [0.4, 0.5) is 5.69 Å². The predicted molar refractivity (Wildman–Crippen MR) is 71.3 cm³/mol. The molecule has 0 radical (unpaired) electrons. The van der Waals surface area contributed by atoms with Crippen molar-refractivity contribution in [1.82, 2.24) is 9.97 Å². The number of nitro groups is 1. The van der Waals surface area contributed by atoms with Crippen molar-refractivity contribution >= 4 is 11.7 Å². The summed E-state index contributed by atoms with van der Waals surface area (Å²) in [5.41, 5.74) is 0.0472. The summed E-state index contributed by atoms with van der Waals surface area (Å²) in [7, 11) is 0. The van der Waals surface area contributed by atoms with E-state index in [1.54, 1.807) is 12.3 Å². The molecule has 2 rings (SSSR count). The molecule has 0 saturated carbocycles. The number of nitrogens with zero attached hydrogens (tertiary/aromatic N) is 3. The quantitative estimate of drug-likeness (QED) is 0.635. The van der Waals surface area contributed by atoms with Gasteiger partial charge in [-0.15, -0.1) is 0 Å².